The lowest BCUT2D eigenvalue weighted by atomic mass is 10.2. The summed E-state index contributed by atoms with van der Waals surface area (Å²) >= 11 is 5.75. The summed E-state index contributed by atoms with van der Waals surface area (Å²) in [4.78, 5) is 0. The first-order chi connectivity index (χ1) is 7.25. The summed E-state index contributed by atoms with van der Waals surface area (Å²) in [7, 11) is 0. The minimum Gasteiger partial charge on any atom is -0.462 e. The Balaban J connectivity index is 2.05. The lowest BCUT2D eigenvalue weighted by Gasteiger charge is -2.23. The maximum atomic E-state index is 13.3. The van der Waals surface area contributed by atoms with Gasteiger partial charge in [0.25, 0.3) is 0 Å². The molecule has 2 rings (SSSR count). The van der Waals surface area contributed by atoms with Gasteiger partial charge in [-0.2, -0.15) is 0 Å². The third kappa shape index (κ3) is 2.83. The standard InChI is InChI=1S/C11H12ClFO2/c12-8-4-5-9(13)10(7-8)15-11-3-1-2-6-14-11/h4-5,7,11H,1-3,6H2/t11-/m0/s1. The van der Waals surface area contributed by atoms with Crippen molar-refractivity contribution in [2.75, 3.05) is 6.61 Å². The van der Waals surface area contributed by atoms with Gasteiger partial charge in [0.2, 0.25) is 0 Å². The van der Waals surface area contributed by atoms with Crippen molar-refractivity contribution in [3.05, 3.63) is 29.0 Å². The molecule has 1 aliphatic rings. The molecule has 0 aliphatic carbocycles. The number of hydrogen-bond donors (Lipinski definition) is 0. The van der Waals surface area contributed by atoms with E-state index in [0.29, 0.717) is 11.6 Å². The van der Waals surface area contributed by atoms with Crippen molar-refractivity contribution in [3.63, 3.8) is 0 Å². The fraction of sp³-hybridized carbons (Fsp3) is 0.455. The highest BCUT2D eigenvalue weighted by atomic mass is 35.5. The molecule has 1 aliphatic heterocycles. The van der Waals surface area contributed by atoms with Crippen molar-refractivity contribution >= 4 is 11.6 Å². The van der Waals surface area contributed by atoms with E-state index in [1.54, 1.807) is 0 Å². The monoisotopic (exact) mass is 230 g/mol. The highest BCUT2D eigenvalue weighted by molar-refractivity contribution is 6.30. The molecule has 1 aromatic rings. The first-order valence-electron chi connectivity index (χ1n) is 4.99. The van der Waals surface area contributed by atoms with Crippen LogP contribution in [0.5, 0.6) is 5.75 Å². The van der Waals surface area contributed by atoms with Gasteiger partial charge in [-0.1, -0.05) is 11.6 Å². The lowest BCUT2D eigenvalue weighted by Crippen LogP contribution is -2.25. The quantitative estimate of drug-likeness (QED) is 0.776. The van der Waals surface area contributed by atoms with Crippen LogP contribution in [0.3, 0.4) is 0 Å². The largest absolute Gasteiger partial charge is 0.462 e. The van der Waals surface area contributed by atoms with E-state index in [2.05, 4.69) is 0 Å². The first kappa shape index (κ1) is 10.7. The molecule has 1 aromatic carbocycles. The normalized spacial score (nSPS) is 21.3. The number of ether oxygens (including phenoxy) is 2. The second-order valence-electron chi connectivity index (χ2n) is 3.49. The van der Waals surface area contributed by atoms with Gasteiger partial charge in [0.05, 0.1) is 6.61 Å². The molecule has 0 aromatic heterocycles. The summed E-state index contributed by atoms with van der Waals surface area (Å²) in [5.74, 6) is -0.247. The van der Waals surface area contributed by atoms with E-state index >= 15 is 0 Å². The lowest BCUT2D eigenvalue weighted by molar-refractivity contribution is -0.107. The zero-order chi connectivity index (χ0) is 10.7. The highest BCUT2D eigenvalue weighted by Gasteiger charge is 2.17. The minimum absolute atomic E-state index is 0.161. The molecular weight excluding hydrogens is 219 g/mol. The Morgan fingerprint density at radius 2 is 2.27 bits per heavy atom. The summed E-state index contributed by atoms with van der Waals surface area (Å²) in [5, 5.41) is 0.460. The van der Waals surface area contributed by atoms with Crippen LogP contribution in [0.1, 0.15) is 19.3 Å². The fourth-order valence-corrected chi connectivity index (χ4v) is 1.68. The maximum Gasteiger partial charge on any atom is 0.199 e. The predicted molar refractivity (Wildman–Crippen MR) is 55.6 cm³/mol. The smallest absolute Gasteiger partial charge is 0.199 e. The van der Waals surface area contributed by atoms with Crippen LogP contribution in [0.15, 0.2) is 18.2 Å². The van der Waals surface area contributed by atoms with Gasteiger partial charge in [-0.25, -0.2) is 4.39 Å². The van der Waals surface area contributed by atoms with E-state index in [1.165, 1.54) is 18.2 Å². The van der Waals surface area contributed by atoms with Crippen molar-refractivity contribution in [2.45, 2.75) is 25.6 Å². The molecule has 0 N–H and O–H groups in total. The van der Waals surface area contributed by atoms with Crippen LogP contribution >= 0.6 is 11.6 Å². The van der Waals surface area contributed by atoms with Crippen molar-refractivity contribution in [2.24, 2.45) is 0 Å². The molecule has 2 nitrogen and oxygen atoms in total. The van der Waals surface area contributed by atoms with Crippen molar-refractivity contribution < 1.29 is 13.9 Å². The first-order valence-corrected chi connectivity index (χ1v) is 5.37. The molecule has 1 atom stereocenters. The molecule has 1 fully saturated rings. The molecular formula is C11H12ClFO2. The van der Waals surface area contributed by atoms with E-state index in [9.17, 15) is 4.39 Å². The molecule has 0 radical (unpaired) electrons. The molecule has 1 saturated heterocycles. The predicted octanol–water partition coefficient (Wildman–Crippen LogP) is 3.38. The number of hydrogen-bond acceptors (Lipinski definition) is 2. The van der Waals surface area contributed by atoms with E-state index in [0.717, 1.165) is 19.3 Å². The summed E-state index contributed by atoms with van der Waals surface area (Å²) in [5.41, 5.74) is 0. The van der Waals surface area contributed by atoms with Crippen LogP contribution in [0.2, 0.25) is 5.02 Å². The Morgan fingerprint density at radius 1 is 1.40 bits per heavy atom. The van der Waals surface area contributed by atoms with Crippen molar-refractivity contribution in [1.82, 2.24) is 0 Å². The van der Waals surface area contributed by atoms with E-state index in [4.69, 9.17) is 21.1 Å². The molecule has 0 saturated carbocycles. The minimum atomic E-state index is -0.409. The van der Waals surface area contributed by atoms with Gasteiger partial charge in [-0.05, 0) is 25.0 Å². The summed E-state index contributed by atoms with van der Waals surface area (Å²) in [6.07, 6.45) is 2.54. The van der Waals surface area contributed by atoms with Crippen LogP contribution < -0.4 is 4.74 Å². The molecule has 1 heterocycles. The second-order valence-corrected chi connectivity index (χ2v) is 3.93. The number of halogens is 2. The van der Waals surface area contributed by atoms with Gasteiger partial charge in [-0.15, -0.1) is 0 Å². The highest BCUT2D eigenvalue weighted by Crippen LogP contribution is 2.25. The summed E-state index contributed by atoms with van der Waals surface area (Å²) in [6, 6.07) is 4.25. The fourth-order valence-electron chi connectivity index (χ4n) is 1.51. The molecule has 0 bridgehead atoms. The molecule has 4 heteroatoms. The van der Waals surface area contributed by atoms with Gasteiger partial charge in [0.15, 0.2) is 17.9 Å². The molecule has 82 valence electrons. The van der Waals surface area contributed by atoms with Crippen molar-refractivity contribution in [1.29, 1.82) is 0 Å². The second kappa shape index (κ2) is 4.81. The van der Waals surface area contributed by atoms with Crippen LogP contribution in [0.4, 0.5) is 4.39 Å². The third-order valence-corrected chi connectivity index (χ3v) is 2.52. The van der Waals surface area contributed by atoms with E-state index in [-0.39, 0.29) is 12.0 Å². The Hall–Kier alpha value is -0.800. The van der Waals surface area contributed by atoms with E-state index in [1.807, 2.05) is 0 Å². The van der Waals surface area contributed by atoms with Gasteiger partial charge in [0, 0.05) is 17.5 Å². The van der Waals surface area contributed by atoms with Gasteiger partial charge in [-0.3, -0.25) is 0 Å². The SMILES string of the molecule is Fc1ccc(Cl)cc1O[C@H]1CCCCO1. The number of rotatable bonds is 2. The van der Waals surface area contributed by atoms with Crippen LogP contribution in [-0.2, 0) is 4.74 Å². The average molecular weight is 231 g/mol. The molecule has 0 unspecified atom stereocenters. The summed E-state index contributed by atoms with van der Waals surface area (Å²) < 4.78 is 24.0. The zero-order valence-corrected chi connectivity index (χ0v) is 8.97. The Kier molecular flexibility index (Phi) is 3.44. The van der Waals surface area contributed by atoms with E-state index < -0.39 is 5.82 Å². The van der Waals surface area contributed by atoms with Gasteiger partial charge < -0.3 is 9.47 Å². The Bertz CT molecular complexity index is 337. The topological polar surface area (TPSA) is 18.5 Å². The number of benzene rings is 1. The van der Waals surface area contributed by atoms with Crippen molar-refractivity contribution in [3.8, 4) is 5.75 Å². The summed E-state index contributed by atoms with van der Waals surface area (Å²) in [6.45, 7) is 0.673. The maximum absolute atomic E-state index is 13.3. The van der Waals surface area contributed by atoms with Crippen LogP contribution in [0.25, 0.3) is 0 Å². The van der Waals surface area contributed by atoms with Crippen LogP contribution in [-0.4, -0.2) is 12.9 Å². The third-order valence-electron chi connectivity index (χ3n) is 2.29. The van der Waals surface area contributed by atoms with Gasteiger partial charge in [0.1, 0.15) is 0 Å². The van der Waals surface area contributed by atoms with Crippen LogP contribution in [0, 0.1) is 5.82 Å². The molecule has 15 heavy (non-hydrogen) atoms. The molecule has 0 amide bonds. The Morgan fingerprint density at radius 3 is 3.00 bits per heavy atom. The van der Waals surface area contributed by atoms with Gasteiger partial charge >= 0.3 is 0 Å². The average Bonchev–Trinajstić information content (AvgIpc) is 2.25. The Labute approximate surface area is 92.9 Å². The molecule has 0 spiro atoms. The zero-order valence-electron chi connectivity index (χ0n) is 8.21.